The van der Waals surface area contributed by atoms with Gasteiger partial charge < -0.3 is 19.2 Å². The summed E-state index contributed by atoms with van der Waals surface area (Å²) >= 11 is 0. The van der Waals surface area contributed by atoms with Crippen LogP contribution in [-0.4, -0.2) is 30.7 Å². The van der Waals surface area contributed by atoms with Crippen LogP contribution in [0.2, 0.25) is 0 Å². The maximum Gasteiger partial charge on any atom is 0.273 e. The Morgan fingerprint density at radius 1 is 1.20 bits per heavy atom. The van der Waals surface area contributed by atoms with E-state index >= 15 is 0 Å². The summed E-state index contributed by atoms with van der Waals surface area (Å²) in [6.07, 6.45) is 2.61. The van der Waals surface area contributed by atoms with Crippen LogP contribution in [0.5, 0.6) is 0 Å². The highest BCUT2D eigenvalue weighted by molar-refractivity contribution is 5.92. The molecule has 1 N–H and O–H groups in total. The summed E-state index contributed by atoms with van der Waals surface area (Å²) in [5.74, 6) is 1.22. The van der Waals surface area contributed by atoms with E-state index < -0.39 is 0 Å². The van der Waals surface area contributed by atoms with Crippen molar-refractivity contribution in [3.8, 4) is 11.5 Å². The first-order valence-corrected chi connectivity index (χ1v) is 8.38. The lowest BCUT2D eigenvalue weighted by Gasteiger charge is -2.18. The number of benzene rings is 1. The molecule has 6 nitrogen and oxygen atoms in total. The standard InChI is InChI=1S/C19H19N3O3/c23-19(16-11-18(25-21-16)17-7-4-10-24-17)20-12-14-8-9-22(13-14)15-5-2-1-3-6-15/h1-7,10-11,14H,8-9,12-13H2,(H,20,23)/t14-/m0/s1. The molecule has 1 aliphatic rings. The van der Waals surface area contributed by atoms with Crippen molar-refractivity contribution in [2.24, 2.45) is 5.92 Å². The molecular formula is C19H19N3O3. The van der Waals surface area contributed by atoms with Gasteiger partial charge in [0.1, 0.15) is 0 Å². The number of para-hydroxylation sites is 1. The predicted molar refractivity (Wildman–Crippen MR) is 93.3 cm³/mol. The van der Waals surface area contributed by atoms with Crippen LogP contribution in [0.3, 0.4) is 0 Å². The Hall–Kier alpha value is -3.02. The van der Waals surface area contributed by atoms with E-state index in [1.807, 2.05) is 18.2 Å². The summed E-state index contributed by atoms with van der Waals surface area (Å²) in [6.45, 7) is 2.59. The molecule has 6 heteroatoms. The molecule has 1 fully saturated rings. The van der Waals surface area contributed by atoms with Gasteiger partial charge in [-0.05, 0) is 36.6 Å². The van der Waals surface area contributed by atoms with E-state index in [0.717, 1.165) is 19.5 Å². The van der Waals surface area contributed by atoms with E-state index in [1.54, 1.807) is 24.5 Å². The number of hydrogen-bond donors (Lipinski definition) is 1. The fourth-order valence-electron chi connectivity index (χ4n) is 3.12. The SMILES string of the molecule is O=C(NC[C@@H]1CCN(c2ccccc2)C1)c1cc(-c2ccco2)on1. The average Bonchev–Trinajstić information content (AvgIpc) is 3.41. The van der Waals surface area contributed by atoms with E-state index in [-0.39, 0.29) is 11.6 Å². The van der Waals surface area contributed by atoms with Gasteiger partial charge in [0, 0.05) is 31.4 Å². The molecule has 1 amide bonds. The van der Waals surface area contributed by atoms with Gasteiger partial charge in [-0.2, -0.15) is 0 Å². The van der Waals surface area contributed by atoms with Crippen molar-refractivity contribution in [3.05, 3.63) is 60.5 Å². The molecule has 2 aromatic heterocycles. The number of nitrogens with one attached hydrogen (secondary N) is 1. The minimum absolute atomic E-state index is 0.222. The number of nitrogens with zero attached hydrogens (tertiary/aromatic N) is 2. The number of carbonyl (C=O) groups excluding carboxylic acids is 1. The van der Waals surface area contributed by atoms with E-state index in [1.165, 1.54) is 5.69 Å². The topological polar surface area (TPSA) is 71.5 Å². The molecule has 0 aliphatic carbocycles. The minimum atomic E-state index is -0.222. The molecule has 4 rings (SSSR count). The molecule has 0 spiro atoms. The number of aromatic nitrogens is 1. The second-order valence-electron chi connectivity index (χ2n) is 6.20. The molecule has 128 valence electrons. The zero-order valence-corrected chi connectivity index (χ0v) is 13.7. The summed E-state index contributed by atoms with van der Waals surface area (Å²) in [5.41, 5.74) is 1.50. The van der Waals surface area contributed by atoms with Crippen molar-refractivity contribution in [1.29, 1.82) is 0 Å². The van der Waals surface area contributed by atoms with Crippen molar-refractivity contribution < 1.29 is 13.7 Å². The molecule has 3 heterocycles. The fraction of sp³-hybridized carbons (Fsp3) is 0.263. The van der Waals surface area contributed by atoms with Crippen molar-refractivity contribution >= 4 is 11.6 Å². The Morgan fingerprint density at radius 2 is 2.08 bits per heavy atom. The molecule has 0 saturated carbocycles. The Labute approximate surface area is 145 Å². The summed E-state index contributed by atoms with van der Waals surface area (Å²) in [5, 5.41) is 6.78. The molecule has 3 aromatic rings. The van der Waals surface area contributed by atoms with Crippen LogP contribution in [0, 0.1) is 5.92 Å². The predicted octanol–water partition coefficient (Wildman–Crippen LogP) is 3.19. The lowest BCUT2D eigenvalue weighted by Crippen LogP contribution is -2.31. The van der Waals surface area contributed by atoms with Gasteiger partial charge in [-0.3, -0.25) is 4.79 Å². The quantitative estimate of drug-likeness (QED) is 0.774. The average molecular weight is 337 g/mol. The summed E-state index contributed by atoms with van der Waals surface area (Å²) in [4.78, 5) is 14.6. The highest BCUT2D eigenvalue weighted by atomic mass is 16.5. The minimum Gasteiger partial charge on any atom is -0.461 e. The molecule has 1 aromatic carbocycles. The first kappa shape index (κ1) is 15.5. The Morgan fingerprint density at radius 3 is 2.88 bits per heavy atom. The molecule has 25 heavy (non-hydrogen) atoms. The van der Waals surface area contributed by atoms with Crippen molar-refractivity contribution in [3.63, 3.8) is 0 Å². The highest BCUT2D eigenvalue weighted by Crippen LogP contribution is 2.23. The molecule has 0 radical (unpaired) electrons. The van der Waals surface area contributed by atoms with Crippen LogP contribution in [0.25, 0.3) is 11.5 Å². The lowest BCUT2D eigenvalue weighted by molar-refractivity contribution is 0.0939. The first-order chi connectivity index (χ1) is 12.3. The lowest BCUT2D eigenvalue weighted by atomic mass is 10.1. The third-order valence-corrected chi connectivity index (χ3v) is 4.47. The van der Waals surface area contributed by atoms with Gasteiger partial charge in [0.15, 0.2) is 11.5 Å². The van der Waals surface area contributed by atoms with Crippen molar-refractivity contribution in [2.75, 3.05) is 24.5 Å². The maximum absolute atomic E-state index is 12.3. The zero-order chi connectivity index (χ0) is 17.1. The monoisotopic (exact) mass is 337 g/mol. The molecule has 1 saturated heterocycles. The second-order valence-corrected chi connectivity index (χ2v) is 6.20. The van der Waals surface area contributed by atoms with Crippen LogP contribution in [0.4, 0.5) is 5.69 Å². The van der Waals surface area contributed by atoms with Crippen LogP contribution >= 0.6 is 0 Å². The molecule has 0 unspecified atom stereocenters. The van der Waals surface area contributed by atoms with Crippen LogP contribution in [0.15, 0.2) is 63.7 Å². The highest BCUT2D eigenvalue weighted by Gasteiger charge is 2.24. The third-order valence-electron chi connectivity index (χ3n) is 4.47. The number of rotatable bonds is 5. The van der Waals surface area contributed by atoms with Crippen molar-refractivity contribution in [1.82, 2.24) is 10.5 Å². The van der Waals surface area contributed by atoms with E-state index in [4.69, 9.17) is 8.94 Å². The number of carbonyl (C=O) groups is 1. The largest absolute Gasteiger partial charge is 0.461 e. The number of furan rings is 1. The number of anilines is 1. The van der Waals surface area contributed by atoms with Gasteiger partial charge in [-0.25, -0.2) is 0 Å². The van der Waals surface area contributed by atoms with Crippen LogP contribution < -0.4 is 10.2 Å². The summed E-state index contributed by atoms with van der Waals surface area (Å²) in [6, 6.07) is 15.5. The number of hydrogen-bond acceptors (Lipinski definition) is 5. The smallest absolute Gasteiger partial charge is 0.273 e. The summed E-state index contributed by atoms with van der Waals surface area (Å²) < 4.78 is 10.4. The normalized spacial score (nSPS) is 17.0. The maximum atomic E-state index is 12.3. The molecular weight excluding hydrogens is 318 g/mol. The van der Waals surface area contributed by atoms with Crippen LogP contribution in [0.1, 0.15) is 16.9 Å². The van der Waals surface area contributed by atoms with Gasteiger partial charge in [-0.1, -0.05) is 23.4 Å². The Bertz CT molecular complexity index is 827. The fourth-order valence-corrected chi connectivity index (χ4v) is 3.12. The van der Waals surface area contributed by atoms with Gasteiger partial charge in [-0.15, -0.1) is 0 Å². The van der Waals surface area contributed by atoms with Gasteiger partial charge in [0.25, 0.3) is 5.91 Å². The van der Waals surface area contributed by atoms with Gasteiger partial charge in [0.05, 0.1) is 6.26 Å². The molecule has 0 bridgehead atoms. The third kappa shape index (κ3) is 3.42. The Balaban J connectivity index is 1.31. The van der Waals surface area contributed by atoms with Crippen molar-refractivity contribution in [2.45, 2.75) is 6.42 Å². The van der Waals surface area contributed by atoms with E-state index in [9.17, 15) is 4.79 Å². The first-order valence-electron chi connectivity index (χ1n) is 8.38. The van der Waals surface area contributed by atoms with Crippen LogP contribution in [-0.2, 0) is 0 Å². The zero-order valence-electron chi connectivity index (χ0n) is 13.7. The second kappa shape index (κ2) is 6.84. The van der Waals surface area contributed by atoms with E-state index in [0.29, 0.717) is 24.0 Å². The van der Waals surface area contributed by atoms with E-state index in [2.05, 4.69) is 27.5 Å². The molecule has 1 atom stereocenters. The summed E-state index contributed by atoms with van der Waals surface area (Å²) in [7, 11) is 0. The Kier molecular flexibility index (Phi) is 4.24. The van der Waals surface area contributed by atoms with Gasteiger partial charge >= 0.3 is 0 Å². The van der Waals surface area contributed by atoms with Gasteiger partial charge in [0.2, 0.25) is 5.76 Å². The molecule has 1 aliphatic heterocycles. The number of amides is 1.